The molecule has 112 valence electrons. The smallest absolute Gasteiger partial charge is 0.129 e. The molecule has 0 radical (unpaired) electrons. The number of rotatable bonds is 5. The zero-order valence-corrected chi connectivity index (χ0v) is 13.8. The van der Waals surface area contributed by atoms with E-state index in [2.05, 4.69) is 54.9 Å². The van der Waals surface area contributed by atoms with Crippen molar-refractivity contribution in [2.75, 3.05) is 36.0 Å². The fourth-order valence-corrected chi connectivity index (χ4v) is 3.29. The van der Waals surface area contributed by atoms with Crippen molar-refractivity contribution in [1.29, 1.82) is 0 Å². The van der Waals surface area contributed by atoms with Gasteiger partial charge in [0, 0.05) is 31.1 Å². The van der Waals surface area contributed by atoms with Crippen molar-refractivity contribution in [1.82, 2.24) is 10.3 Å². The van der Waals surface area contributed by atoms with Crippen LogP contribution in [0.3, 0.4) is 0 Å². The molecule has 0 amide bonds. The van der Waals surface area contributed by atoms with Crippen LogP contribution in [0.5, 0.6) is 0 Å². The summed E-state index contributed by atoms with van der Waals surface area (Å²) in [6, 6.07) is 4.52. The first-order valence-electron chi connectivity index (χ1n) is 7.75. The van der Waals surface area contributed by atoms with E-state index in [1.807, 2.05) is 0 Å². The van der Waals surface area contributed by atoms with Crippen molar-refractivity contribution in [2.45, 2.75) is 39.7 Å². The van der Waals surface area contributed by atoms with E-state index in [4.69, 9.17) is 4.98 Å². The summed E-state index contributed by atoms with van der Waals surface area (Å²) in [5.74, 6) is 4.16. The first-order valence-corrected chi connectivity index (χ1v) is 8.90. The molecule has 1 aliphatic rings. The first-order chi connectivity index (χ1) is 9.70. The van der Waals surface area contributed by atoms with Crippen LogP contribution in [-0.4, -0.2) is 36.1 Å². The quantitative estimate of drug-likeness (QED) is 0.902. The maximum Gasteiger partial charge on any atom is 0.129 e. The Morgan fingerprint density at radius 2 is 2.15 bits per heavy atom. The van der Waals surface area contributed by atoms with Gasteiger partial charge in [-0.15, -0.1) is 0 Å². The van der Waals surface area contributed by atoms with E-state index >= 15 is 0 Å². The lowest BCUT2D eigenvalue weighted by Gasteiger charge is -2.23. The molecule has 0 aromatic carbocycles. The molecule has 1 fully saturated rings. The standard InChI is InChI=1S/C16H27N3S/c1-4-17-12-14-10-15(13(2)3)18-16(11-14)19-6-5-8-20-9-7-19/h10-11,13,17H,4-9,12H2,1-3H3. The van der Waals surface area contributed by atoms with Gasteiger partial charge in [-0.2, -0.15) is 11.8 Å². The Labute approximate surface area is 127 Å². The maximum atomic E-state index is 4.90. The molecular weight excluding hydrogens is 266 g/mol. The lowest BCUT2D eigenvalue weighted by Crippen LogP contribution is -2.27. The molecule has 1 saturated heterocycles. The highest BCUT2D eigenvalue weighted by Gasteiger charge is 2.14. The minimum Gasteiger partial charge on any atom is -0.356 e. The largest absolute Gasteiger partial charge is 0.356 e. The highest BCUT2D eigenvalue weighted by molar-refractivity contribution is 7.99. The van der Waals surface area contributed by atoms with E-state index in [0.29, 0.717) is 5.92 Å². The SMILES string of the molecule is CCNCc1cc(C(C)C)nc(N2CCCSCC2)c1. The van der Waals surface area contributed by atoms with E-state index in [-0.39, 0.29) is 0 Å². The van der Waals surface area contributed by atoms with Crippen molar-refractivity contribution >= 4 is 17.6 Å². The molecule has 0 atom stereocenters. The summed E-state index contributed by atoms with van der Waals surface area (Å²) in [5.41, 5.74) is 2.57. The number of hydrogen-bond acceptors (Lipinski definition) is 4. The van der Waals surface area contributed by atoms with Crippen molar-refractivity contribution in [3.63, 3.8) is 0 Å². The van der Waals surface area contributed by atoms with Crippen LogP contribution in [0.2, 0.25) is 0 Å². The molecule has 0 aliphatic carbocycles. The van der Waals surface area contributed by atoms with Crippen molar-refractivity contribution in [3.05, 3.63) is 23.4 Å². The number of aromatic nitrogens is 1. The number of anilines is 1. The second-order valence-corrected chi connectivity index (χ2v) is 6.87. The van der Waals surface area contributed by atoms with Gasteiger partial charge in [0.2, 0.25) is 0 Å². The average molecular weight is 293 g/mol. The van der Waals surface area contributed by atoms with Gasteiger partial charge < -0.3 is 10.2 Å². The van der Waals surface area contributed by atoms with Crippen LogP contribution in [0.4, 0.5) is 5.82 Å². The van der Waals surface area contributed by atoms with Gasteiger partial charge in [-0.3, -0.25) is 0 Å². The summed E-state index contributed by atoms with van der Waals surface area (Å²) >= 11 is 2.06. The second kappa shape index (κ2) is 7.89. The van der Waals surface area contributed by atoms with Gasteiger partial charge in [0.05, 0.1) is 0 Å². The summed E-state index contributed by atoms with van der Waals surface area (Å²) in [6.45, 7) is 10.8. The topological polar surface area (TPSA) is 28.2 Å². The highest BCUT2D eigenvalue weighted by Crippen LogP contribution is 2.22. The van der Waals surface area contributed by atoms with Crippen LogP contribution in [0.15, 0.2) is 12.1 Å². The molecule has 2 heterocycles. The zero-order valence-electron chi connectivity index (χ0n) is 13.0. The third-order valence-electron chi connectivity index (χ3n) is 3.61. The zero-order chi connectivity index (χ0) is 14.4. The van der Waals surface area contributed by atoms with Crippen LogP contribution in [0.1, 0.15) is 44.4 Å². The van der Waals surface area contributed by atoms with Crippen LogP contribution in [0.25, 0.3) is 0 Å². The molecule has 1 aromatic heterocycles. The number of thioether (sulfide) groups is 1. The third-order valence-corrected chi connectivity index (χ3v) is 4.66. The predicted molar refractivity (Wildman–Crippen MR) is 89.9 cm³/mol. The van der Waals surface area contributed by atoms with Crippen LogP contribution >= 0.6 is 11.8 Å². The molecule has 3 nitrogen and oxygen atoms in total. The molecule has 0 spiro atoms. The molecule has 1 N–H and O–H groups in total. The van der Waals surface area contributed by atoms with Gasteiger partial charge >= 0.3 is 0 Å². The Balaban J connectivity index is 2.22. The molecule has 2 rings (SSSR count). The number of nitrogens with one attached hydrogen (secondary N) is 1. The monoisotopic (exact) mass is 293 g/mol. The molecule has 1 aliphatic heterocycles. The molecule has 0 unspecified atom stereocenters. The van der Waals surface area contributed by atoms with E-state index in [9.17, 15) is 0 Å². The molecule has 4 heteroatoms. The fourth-order valence-electron chi connectivity index (χ4n) is 2.40. The number of pyridine rings is 1. The molecule has 0 bridgehead atoms. The summed E-state index contributed by atoms with van der Waals surface area (Å²) in [5, 5.41) is 3.42. The summed E-state index contributed by atoms with van der Waals surface area (Å²) < 4.78 is 0. The van der Waals surface area contributed by atoms with Gasteiger partial charge in [-0.05, 0) is 42.3 Å². The Hall–Kier alpha value is -0.740. The van der Waals surface area contributed by atoms with Crippen LogP contribution in [-0.2, 0) is 6.54 Å². The van der Waals surface area contributed by atoms with Crippen molar-refractivity contribution < 1.29 is 0 Å². The van der Waals surface area contributed by atoms with Gasteiger partial charge in [0.25, 0.3) is 0 Å². The molecular formula is C16H27N3S. The van der Waals surface area contributed by atoms with Gasteiger partial charge in [0.15, 0.2) is 0 Å². The second-order valence-electron chi connectivity index (χ2n) is 5.65. The Morgan fingerprint density at radius 1 is 1.30 bits per heavy atom. The van der Waals surface area contributed by atoms with E-state index in [1.54, 1.807) is 0 Å². The van der Waals surface area contributed by atoms with Crippen LogP contribution in [0, 0.1) is 0 Å². The Bertz CT molecular complexity index is 412. The Morgan fingerprint density at radius 3 is 2.90 bits per heavy atom. The number of nitrogens with zero attached hydrogens (tertiary/aromatic N) is 2. The average Bonchev–Trinajstić information content (AvgIpc) is 2.73. The lowest BCUT2D eigenvalue weighted by molar-refractivity contribution is 0.716. The predicted octanol–water partition coefficient (Wildman–Crippen LogP) is 3.26. The van der Waals surface area contributed by atoms with Crippen molar-refractivity contribution in [3.8, 4) is 0 Å². The van der Waals surface area contributed by atoms with E-state index in [0.717, 1.165) is 26.2 Å². The number of hydrogen-bond donors (Lipinski definition) is 1. The molecule has 20 heavy (non-hydrogen) atoms. The van der Waals surface area contributed by atoms with E-state index < -0.39 is 0 Å². The van der Waals surface area contributed by atoms with Crippen LogP contribution < -0.4 is 10.2 Å². The third kappa shape index (κ3) is 4.38. The first kappa shape index (κ1) is 15.6. The minimum absolute atomic E-state index is 0.483. The van der Waals surface area contributed by atoms with Gasteiger partial charge in [0.1, 0.15) is 5.82 Å². The summed E-state index contributed by atoms with van der Waals surface area (Å²) in [4.78, 5) is 7.35. The van der Waals surface area contributed by atoms with Crippen molar-refractivity contribution in [2.24, 2.45) is 0 Å². The molecule has 0 saturated carbocycles. The van der Waals surface area contributed by atoms with E-state index in [1.165, 1.54) is 35.0 Å². The van der Waals surface area contributed by atoms with Gasteiger partial charge in [-0.1, -0.05) is 20.8 Å². The Kier molecular flexibility index (Phi) is 6.17. The fraction of sp³-hybridized carbons (Fsp3) is 0.688. The highest BCUT2D eigenvalue weighted by atomic mass is 32.2. The van der Waals surface area contributed by atoms with Gasteiger partial charge in [-0.25, -0.2) is 4.98 Å². The maximum absolute atomic E-state index is 4.90. The summed E-state index contributed by atoms with van der Waals surface area (Å²) in [7, 11) is 0. The molecule has 1 aromatic rings. The lowest BCUT2D eigenvalue weighted by atomic mass is 10.1. The summed E-state index contributed by atoms with van der Waals surface area (Å²) in [6.07, 6.45) is 1.26. The minimum atomic E-state index is 0.483. The normalized spacial score (nSPS) is 16.5.